The Labute approximate surface area is 372 Å². The number of benzene rings is 2. The number of likely N-dealkylation sites (N-methyl/N-ethyl adjacent to an activating group) is 1. The summed E-state index contributed by atoms with van der Waals surface area (Å²) >= 11 is 0. The first-order valence-electron chi connectivity index (χ1n) is 21.7. The molecule has 3 aliphatic carbocycles. The lowest BCUT2D eigenvalue weighted by Gasteiger charge is -2.68. The van der Waals surface area contributed by atoms with Gasteiger partial charge in [-0.15, -0.1) is 0 Å². The number of aliphatic hydroxyl groups excluding tert-OH is 1. The van der Waals surface area contributed by atoms with E-state index in [1.807, 2.05) is 39.8 Å². The van der Waals surface area contributed by atoms with E-state index in [1.54, 1.807) is 79.7 Å². The maximum atomic E-state index is 14.4. The van der Waals surface area contributed by atoms with E-state index in [2.05, 4.69) is 10.3 Å². The number of carbonyl (C=O) groups is 4. The molecule has 2 saturated heterocycles. The van der Waals surface area contributed by atoms with E-state index in [9.17, 15) is 29.4 Å². The number of aromatic nitrogens is 1. The fraction of sp³-hybridized carbons (Fsp3) is 0.521. The molecule has 1 aromatic heterocycles. The second-order valence-electron chi connectivity index (χ2n) is 18.7. The van der Waals surface area contributed by atoms with Gasteiger partial charge in [0, 0.05) is 36.9 Å². The molecule has 2 saturated carbocycles. The molecular weight excluding hydrogens is 827 g/mol. The Kier molecular flexibility index (Phi) is 12.2. The Bertz CT molecular complexity index is 2260. The number of nitrogens with one attached hydrogen (secondary N) is 1. The number of hydrogen-bond donors (Lipinski definition) is 3. The molecule has 16 heteroatoms. The number of rotatable bonds is 11. The Morgan fingerprint density at radius 3 is 2.27 bits per heavy atom. The van der Waals surface area contributed by atoms with Gasteiger partial charge in [-0.25, -0.2) is 14.4 Å². The van der Waals surface area contributed by atoms with Crippen LogP contribution in [0.5, 0.6) is 5.75 Å². The fourth-order valence-electron chi connectivity index (χ4n) is 11.0. The van der Waals surface area contributed by atoms with Gasteiger partial charge in [-0.2, -0.15) is 0 Å². The van der Waals surface area contributed by atoms with Crippen LogP contribution in [0, 0.1) is 16.7 Å². The molecule has 16 nitrogen and oxygen atoms in total. The van der Waals surface area contributed by atoms with Crippen molar-refractivity contribution in [3.63, 3.8) is 0 Å². The Morgan fingerprint density at radius 2 is 1.64 bits per heavy atom. The summed E-state index contributed by atoms with van der Waals surface area (Å²) in [6, 6.07) is 20.0. The second kappa shape index (κ2) is 17.3. The van der Waals surface area contributed by atoms with Crippen LogP contribution in [0.15, 0.2) is 96.2 Å². The molecule has 64 heavy (non-hydrogen) atoms. The molecule has 342 valence electrons. The van der Waals surface area contributed by atoms with E-state index in [1.165, 1.54) is 19.2 Å². The third-order valence-corrected chi connectivity index (χ3v) is 14.1. The number of nitrogens with zero attached hydrogens (tertiary/aromatic N) is 2. The van der Waals surface area contributed by atoms with Crippen LogP contribution in [0.4, 0.5) is 4.79 Å². The van der Waals surface area contributed by atoms with Crippen LogP contribution in [-0.4, -0.2) is 125 Å². The second-order valence-corrected chi connectivity index (χ2v) is 18.7. The summed E-state index contributed by atoms with van der Waals surface area (Å²) in [5.74, 6) is -3.17. The van der Waals surface area contributed by atoms with Crippen LogP contribution in [0.25, 0.3) is 0 Å². The zero-order chi connectivity index (χ0) is 45.8. The van der Waals surface area contributed by atoms with E-state index in [0.717, 1.165) is 0 Å². The summed E-state index contributed by atoms with van der Waals surface area (Å²) < 4.78 is 44.7. The number of pyridine rings is 1. The van der Waals surface area contributed by atoms with Crippen molar-refractivity contribution in [1.82, 2.24) is 15.2 Å². The average Bonchev–Trinajstić information content (AvgIpc) is 3.66. The van der Waals surface area contributed by atoms with Gasteiger partial charge in [0.15, 0.2) is 18.0 Å². The first kappa shape index (κ1) is 45.3. The molecule has 2 aromatic carbocycles. The molecular formula is C48H57N3O13. The van der Waals surface area contributed by atoms with Gasteiger partial charge in [0.2, 0.25) is 0 Å². The molecule has 12 atom stereocenters. The minimum Gasteiger partial charge on any atom is -0.456 e. The minimum atomic E-state index is -2.08. The van der Waals surface area contributed by atoms with Crippen LogP contribution >= 0.6 is 0 Å². The van der Waals surface area contributed by atoms with E-state index in [4.69, 9.17) is 33.2 Å². The number of hydrogen-bond acceptors (Lipinski definition) is 15. The third-order valence-electron chi connectivity index (χ3n) is 14.1. The van der Waals surface area contributed by atoms with E-state index >= 15 is 0 Å². The summed E-state index contributed by atoms with van der Waals surface area (Å²) in [6.45, 7) is 9.11. The van der Waals surface area contributed by atoms with Crippen LogP contribution in [0.2, 0.25) is 0 Å². The highest BCUT2D eigenvalue weighted by Gasteiger charge is 2.77. The highest BCUT2D eigenvalue weighted by atomic mass is 16.7. The average molecular weight is 884 g/mol. The predicted molar refractivity (Wildman–Crippen MR) is 227 cm³/mol. The van der Waals surface area contributed by atoms with Gasteiger partial charge in [-0.05, 0) is 81.4 Å². The highest BCUT2D eigenvalue weighted by Crippen LogP contribution is 2.66. The Balaban J connectivity index is 1.24. The van der Waals surface area contributed by atoms with Crippen LogP contribution in [0.1, 0.15) is 76.0 Å². The molecule has 2 aliphatic heterocycles. The van der Waals surface area contributed by atoms with Crippen molar-refractivity contribution in [2.45, 2.75) is 114 Å². The van der Waals surface area contributed by atoms with Crippen molar-refractivity contribution in [2.75, 3.05) is 27.2 Å². The smallest absolute Gasteiger partial charge is 0.413 e. The molecule has 4 fully saturated rings. The van der Waals surface area contributed by atoms with Gasteiger partial charge in [-0.3, -0.25) is 9.78 Å². The lowest BCUT2D eigenvalue weighted by molar-refractivity contribution is -0.345. The number of amides is 1. The van der Waals surface area contributed by atoms with Gasteiger partial charge in [0.1, 0.15) is 41.8 Å². The molecule has 2 bridgehead atoms. The normalized spacial score (nSPS) is 33.4. The zero-order valence-electron chi connectivity index (χ0n) is 37.1. The summed E-state index contributed by atoms with van der Waals surface area (Å²) in [5.41, 5.74) is -4.25. The number of aliphatic hydroxyl groups is 2. The number of esters is 3. The molecule has 5 aliphatic rings. The maximum Gasteiger partial charge on any atom is 0.413 e. The monoisotopic (exact) mass is 883 g/mol. The standard InChI is InChI=1S/C48H57N3O13/c1-27-32(60-43(55)37(53)36(31-20-14-15-23-49-31)50-44(56)59-30-18-12-9-13-19-30)24-48(57)41(63-42(54)29-16-10-8-11-17-29)39-46(5,22-21-33-47(39,26-58-33)64-28(2)52)40-38(35(27)45(48,3)4)61-34(62-40)25-51(6)7/h8-20,23,32-34,36-41,53,57H,21-22,24-26H2,1-7H3,(H,50,56)/t32-,33+,34+,36+,37+,38+,39?,40+,41-,46+,47-,48+/m0/s1. The van der Waals surface area contributed by atoms with E-state index in [0.29, 0.717) is 30.5 Å². The maximum absolute atomic E-state index is 14.4. The quantitative estimate of drug-likeness (QED) is 0.136. The topological polar surface area (TPSA) is 202 Å². The van der Waals surface area contributed by atoms with Gasteiger partial charge in [0.05, 0.1) is 29.9 Å². The van der Waals surface area contributed by atoms with Crippen molar-refractivity contribution >= 4 is 24.0 Å². The summed E-state index contributed by atoms with van der Waals surface area (Å²) in [4.78, 5) is 61.5. The summed E-state index contributed by atoms with van der Waals surface area (Å²) in [6.07, 6.45) is -6.54. The van der Waals surface area contributed by atoms with Crippen molar-refractivity contribution < 1.29 is 62.5 Å². The third kappa shape index (κ3) is 7.87. The Hall–Kier alpha value is -5.23. The van der Waals surface area contributed by atoms with Crippen molar-refractivity contribution in [1.29, 1.82) is 0 Å². The van der Waals surface area contributed by atoms with Crippen molar-refractivity contribution in [3.8, 4) is 5.75 Å². The molecule has 3 aromatic rings. The first-order valence-corrected chi connectivity index (χ1v) is 21.7. The number of carbonyl (C=O) groups excluding carboxylic acids is 4. The highest BCUT2D eigenvalue weighted by molar-refractivity contribution is 5.89. The van der Waals surface area contributed by atoms with Gasteiger partial charge >= 0.3 is 24.0 Å². The van der Waals surface area contributed by atoms with Crippen LogP contribution < -0.4 is 10.1 Å². The SMILES string of the molecule is CC(=O)O[C@@]12CO[C@@H]1CC[C@]1(C)C2[C@H](OC(=O)c2ccccc2)[C@]2(O)C[C@H](OC(=O)[C@H](O)[C@H](NC(=O)Oc3ccccc3)c3ccccn3)C(C)=C([C@H]3O[C@@H](CN(C)C)O[C@H]31)C2(C)C. The molecule has 0 spiro atoms. The first-order chi connectivity index (χ1) is 30.4. The minimum absolute atomic E-state index is 0.0340. The Morgan fingerprint density at radius 1 is 0.953 bits per heavy atom. The molecule has 3 N–H and O–H groups in total. The largest absolute Gasteiger partial charge is 0.456 e. The molecule has 0 radical (unpaired) electrons. The molecule has 1 amide bonds. The molecule has 3 heterocycles. The van der Waals surface area contributed by atoms with Gasteiger partial charge in [0.25, 0.3) is 0 Å². The lowest BCUT2D eigenvalue weighted by Crippen LogP contribution is -2.79. The zero-order valence-corrected chi connectivity index (χ0v) is 37.1. The van der Waals surface area contributed by atoms with E-state index < -0.39 is 101 Å². The lowest BCUT2D eigenvalue weighted by atomic mass is 9.45. The van der Waals surface area contributed by atoms with Gasteiger partial charge in [-0.1, -0.05) is 63.2 Å². The molecule has 8 rings (SSSR count). The number of fused-ring (bicyclic) bond motifs is 8. The van der Waals surface area contributed by atoms with Crippen LogP contribution in [-0.2, 0) is 38.0 Å². The molecule has 1 unspecified atom stereocenters. The van der Waals surface area contributed by atoms with Crippen LogP contribution in [0.3, 0.4) is 0 Å². The number of para-hydroxylation sites is 1. The van der Waals surface area contributed by atoms with E-state index in [-0.39, 0.29) is 30.0 Å². The van der Waals surface area contributed by atoms with Crippen molar-refractivity contribution in [2.24, 2.45) is 16.7 Å². The summed E-state index contributed by atoms with van der Waals surface area (Å²) in [5, 5.41) is 28.3. The predicted octanol–water partition coefficient (Wildman–Crippen LogP) is 4.69. The van der Waals surface area contributed by atoms with Crippen molar-refractivity contribution in [3.05, 3.63) is 107 Å². The number of ether oxygens (including phenoxy) is 7. The van der Waals surface area contributed by atoms with Gasteiger partial charge < -0.3 is 53.6 Å². The fourth-order valence-corrected chi connectivity index (χ4v) is 11.0. The summed E-state index contributed by atoms with van der Waals surface area (Å²) in [7, 11) is 3.79.